The molecule has 168 valence electrons. The van der Waals surface area contributed by atoms with Crippen LogP contribution in [0.2, 0.25) is 5.02 Å². The monoisotopic (exact) mass is 496 g/mol. The lowest BCUT2D eigenvalue weighted by atomic mass is 10.1. The van der Waals surface area contributed by atoms with Crippen LogP contribution in [0.3, 0.4) is 0 Å². The number of halogens is 2. The lowest BCUT2D eigenvalue weighted by Crippen LogP contribution is -2.32. The van der Waals surface area contributed by atoms with Gasteiger partial charge in [0.05, 0.1) is 16.5 Å². The van der Waals surface area contributed by atoms with Gasteiger partial charge < -0.3 is 4.57 Å². The lowest BCUT2D eigenvalue weighted by Gasteiger charge is -2.20. The summed E-state index contributed by atoms with van der Waals surface area (Å²) >= 11 is 7.76. The number of fused-ring (bicyclic) bond motifs is 2. The average Bonchev–Trinajstić information content (AvgIpc) is 3.46. The number of carbonyl (C=O) groups excluding carboxylic acids is 1. The minimum Gasteiger partial charge on any atom is -0.337 e. The van der Waals surface area contributed by atoms with Crippen molar-refractivity contribution in [3.63, 3.8) is 0 Å². The van der Waals surface area contributed by atoms with Gasteiger partial charge in [-0.25, -0.2) is 9.97 Å². The van der Waals surface area contributed by atoms with E-state index in [0.717, 1.165) is 39.5 Å². The largest absolute Gasteiger partial charge is 0.337 e. The van der Waals surface area contributed by atoms with E-state index in [0.29, 0.717) is 22.3 Å². The summed E-state index contributed by atoms with van der Waals surface area (Å²) in [7, 11) is 0. The van der Waals surface area contributed by atoms with Gasteiger partial charge in [-0.05, 0) is 53.9 Å². The first-order valence-corrected chi connectivity index (χ1v) is 11.6. The van der Waals surface area contributed by atoms with Crippen LogP contribution in [0.25, 0.3) is 21.0 Å². The Kier molecular flexibility index (Phi) is 6.98. The maximum absolute atomic E-state index is 13.7. The Morgan fingerprint density at radius 1 is 1.12 bits per heavy atom. The Morgan fingerprint density at radius 3 is 2.73 bits per heavy atom. The summed E-state index contributed by atoms with van der Waals surface area (Å²) in [4.78, 5) is 24.4. The number of aromatic nitrogens is 3. The zero-order valence-electron chi connectivity index (χ0n) is 17.9. The molecule has 0 aliphatic carbocycles. The first-order valence-electron chi connectivity index (χ1n) is 10.4. The third kappa shape index (κ3) is 4.88. The van der Waals surface area contributed by atoms with Gasteiger partial charge in [0, 0.05) is 36.1 Å². The Labute approximate surface area is 207 Å². The van der Waals surface area contributed by atoms with Crippen molar-refractivity contribution in [2.24, 2.45) is 0 Å². The molecule has 2 aromatic heterocycles. The van der Waals surface area contributed by atoms with E-state index in [4.69, 9.17) is 16.6 Å². The van der Waals surface area contributed by atoms with Crippen LogP contribution in [-0.2, 0) is 6.54 Å². The van der Waals surface area contributed by atoms with Crippen LogP contribution < -0.4 is 4.90 Å². The fraction of sp³-hybridized carbons (Fsp3) is 0.160. The fourth-order valence-electron chi connectivity index (χ4n) is 3.85. The fourth-order valence-corrected chi connectivity index (χ4v) is 5.30. The molecule has 5 nitrogen and oxygen atoms in total. The van der Waals surface area contributed by atoms with Gasteiger partial charge in [-0.2, -0.15) is 0 Å². The van der Waals surface area contributed by atoms with E-state index in [1.807, 2.05) is 72.3 Å². The zero-order valence-corrected chi connectivity index (χ0v) is 20.3. The predicted molar refractivity (Wildman–Crippen MR) is 139 cm³/mol. The maximum atomic E-state index is 13.7. The Morgan fingerprint density at radius 2 is 1.94 bits per heavy atom. The van der Waals surface area contributed by atoms with E-state index >= 15 is 0 Å². The molecule has 0 spiro atoms. The number of amides is 1. The number of hydrogen-bond acceptors (Lipinski definition) is 4. The summed E-state index contributed by atoms with van der Waals surface area (Å²) < 4.78 is 3.00. The molecule has 0 N–H and O–H groups in total. The molecular weight excluding hydrogens is 475 g/mol. The standard InChI is InChI=1S/C25H21ClN4OS.ClH/c1-17-13-21(26)15-22-23(17)28-25(32-22)30(11-4-10-29-12-9-27-16-29)24(31)20-8-7-18-5-2-3-6-19(18)14-20;/h2-3,5-9,12-16H,4,10-11H2,1H3;1H. The first kappa shape index (κ1) is 23.2. The second kappa shape index (κ2) is 9.91. The molecule has 0 saturated carbocycles. The highest BCUT2D eigenvalue weighted by molar-refractivity contribution is 7.22. The van der Waals surface area contributed by atoms with Gasteiger partial charge in [0.25, 0.3) is 5.91 Å². The van der Waals surface area contributed by atoms with Crippen molar-refractivity contribution in [2.45, 2.75) is 19.9 Å². The summed E-state index contributed by atoms with van der Waals surface area (Å²) in [6.07, 6.45) is 6.26. The van der Waals surface area contributed by atoms with Crippen molar-refractivity contribution >= 4 is 67.4 Å². The molecule has 0 fully saturated rings. The molecule has 0 atom stereocenters. The number of nitrogens with zero attached hydrogens (tertiary/aromatic N) is 4. The lowest BCUT2D eigenvalue weighted by molar-refractivity contribution is 0.0986. The van der Waals surface area contributed by atoms with Crippen molar-refractivity contribution in [3.05, 3.63) is 89.5 Å². The van der Waals surface area contributed by atoms with E-state index in [1.165, 1.54) is 11.3 Å². The summed E-state index contributed by atoms with van der Waals surface area (Å²) in [6, 6.07) is 17.7. The molecule has 0 saturated heterocycles. The molecule has 0 aliphatic rings. The number of benzene rings is 3. The van der Waals surface area contributed by atoms with E-state index in [-0.39, 0.29) is 18.3 Å². The highest BCUT2D eigenvalue weighted by Crippen LogP contribution is 2.34. The molecule has 8 heteroatoms. The third-order valence-corrected chi connectivity index (χ3v) is 6.71. The zero-order chi connectivity index (χ0) is 22.1. The minimum absolute atomic E-state index is 0. The van der Waals surface area contributed by atoms with Gasteiger partial charge in [0.2, 0.25) is 0 Å². The number of imidazole rings is 1. The van der Waals surface area contributed by atoms with Gasteiger partial charge in [-0.15, -0.1) is 12.4 Å². The van der Waals surface area contributed by atoms with E-state index in [1.54, 1.807) is 17.4 Å². The van der Waals surface area contributed by atoms with Crippen LogP contribution in [0.5, 0.6) is 0 Å². The summed E-state index contributed by atoms with van der Waals surface area (Å²) in [5.74, 6) is -0.0517. The number of hydrogen-bond donors (Lipinski definition) is 0. The van der Waals surface area contributed by atoms with Crippen LogP contribution in [0, 0.1) is 6.92 Å². The summed E-state index contributed by atoms with van der Waals surface area (Å²) in [5, 5.41) is 3.52. The highest BCUT2D eigenvalue weighted by Gasteiger charge is 2.22. The molecule has 33 heavy (non-hydrogen) atoms. The number of thiazole rings is 1. The molecule has 0 aliphatic heterocycles. The number of carbonyl (C=O) groups is 1. The molecule has 0 bridgehead atoms. The summed E-state index contributed by atoms with van der Waals surface area (Å²) in [5.41, 5.74) is 2.55. The molecule has 5 rings (SSSR count). The molecule has 0 radical (unpaired) electrons. The van der Waals surface area contributed by atoms with E-state index in [9.17, 15) is 4.79 Å². The van der Waals surface area contributed by atoms with Gasteiger partial charge in [-0.1, -0.05) is 53.3 Å². The molecular formula is C25H22Cl2N4OS. The van der Waals surface area contributed by atoms with Crippen molar-refractivity contribution in [3.8, 4) is 0 Å². The SMILES string of the molecule is Cc1cc(Cl)cc2sc(N(CCCn3ccnc3)C(=O)c3ccc4ccccc4c3)nc12.Cl. The number of rotatable bonds is 6. The van der Waals surface area contributed by atoms with Crippen LogP contribution in [-0.4, -0.2) is 27.0 Å². The number of aryl methyl sites for hydroxylation is 2. The predicted octanol–water partition coefficient (Wildman–Crippen LogP) is 6.77. The van der Waals surface area contributed by atoms with Gasteiger partial charge in [0.1, 0.15) is 0 Å². The molecule has 2 heterocycles. The average molecular weight is 497 g/mol. The molecule has 3 aromatic carbocycles. The summed E-state index contributed by atoms with van der Waals surface area (Å²) in [6.45, 7) is 3.32. The first-order chi connectivity index (χ1) is 15.6. The minimum atomic E-state index is -0.0517. The van der Waals surface area contributed by atoms with Gasteiger partial charge in [0.15, 0.2) is 5.13 Å². The van der Waals surface area contributed by atoms with Crippen LogP contribution in [0.1, 0.15) is 22.3 Å². The number of anilines is 1. The van der Waals surface area contributed by atoms with Crippen LogP contribution in [0.15, 0.2) is 73.3 Å². The topological polar surface area (TPSA) is 51.0 Å². The van der Waals surface area contributed by atoms with Crippen LogP contribution in [0.4, 0.5) is 5.13 Å². The second-order valence-electron chi connectivity index (χ2n) is 7.74. The third-order valence-electron chi connectivity index (χ3n) is 5.47. The van der Waals surface area contributed by atoms with Crippen LogP contribution >= 0.6 is 35.3 Å². The Hall–Kier alpha value is -2.93. The molecule has 0 unspecified atom stereocenters. The Balaban J connectivity index is 0.00000259. The smallest absolute Gasteiger partial charge is 0.260 e. The van der Waals surface area contributed by atoms with Crippen molar-refractivity contribution in [1.29, 1.82) is 0 Å². The van der Waals surface area contributed by atoms with Crippen molar-refractivity contribution in [1.82, 2.24) is 14.5 Å². The maximum Gasteiger partial charge on any atom is 0.260 e. The quantitative estimate of drug-likeness (QED) is 0.260. The van der Waals surface area contributed by atoms with E-state index < -0.39 is 0 Å². The Bertz CT molecular complexity index is 1420. The van der Waals surface area contributed by atoms with E-state index in [2.05, 4.69) is 4.98 Å². The van der Waals surface area contributed by atoms with Gasteiger partial charge >= 0.3 is 0 Å². The normalized spacial score (nSPS) is 11.0. The second-order valence-corrected chi connectivity index (χ2v) is 9.18. The molecule has 1 amide bonds. The van der Waals surface area contributed by atoms with Gasteiger partial charge in [-0.3, -0.25) is 9.69 Å². The van der Waals surface area contributed by atoms with Crippen molar-refractivity contribution in [2.75, 3.05) is 11.4 Å². The highest BCUT2D eigenvalue weighted by atomic mass is 35.5. The molecule has 5 aromatic rings. The van der Waals surface area contributed by atoms with Crippen molar-refractivity contribution < 1.29 is 4.79 Å².